The molecule has 25 heavy (non-hydrogen) atoms. The van der Waals surface area contributed by atoms with Crippen LogP contribution in [0.25, 0.3) is 0 Å². The molecule has 0 aromatic rings. The van der Waals surface area contributed by atoms with Crippen LogP contribution in [0.2, 0.25) is 65.0 Å². The van der Waals surface area contributed by atoms with Crippen LogP contribution in [0.5, 0.6) is 0 Å². The highest BCUT2D eigenvalue weighted by atomic mass is 28.4. The van der Waals surface area contributed by atoms with E-state index in [1.807, 2.05) is 0 Å². The van der Waals surface area contributed by atoms with E-state index >= 15 is 0 Å². The molecule has 0 rings (SSSR count). The fourth-order valence-electron chi connectivity index (χ4n) is 2.19. The zero-order valence-electron chi connectivity index (χ0n) is 17.9. The van der Waals surface area contributed by atoms with Gasteiger partial charge in [-0.15, -0.1) is 0 Å². The molecule has 0 unspecified atom stereocenters. The van der Waals surface area contributed by atoms with Crippen LogP contribution in [-0.4, -0.2) is 46.7 Å². The van der Waals surface area contributed by atoms with E-state index in [-0.39, 0.29) is 5.97 Å². The van der Waals surface area contributed by atoms with Crippen LogP contribution < -0.4 is 0 Å². The van der Waals surface area contributed by atoms with Gasteiger partial charge in [-0.1, -0.05) is 6.58 Å². The Kier molecular flexibility index (Phi) is 9.23. The minimum atomic E-state index is -1.90. The topological polar surface area (TPSA) is 54.0 Å². The number of rotatable bonds is 11. The summed E-state index contributed by atoms with van der Waals surface area (Å²) in [7, 11) is -6.73. The van der Waals surface area contributed by atoms with E-state index in [4.69, 9.17) is 17.7 Å². The standard InChI is InChI=1S/C16H38O5Si4/c1-14(2)15(17)18-22-13-12-16(19-23(3,4)5,20-24(6,7)8)21-25(9,10)11/h1,12-13,22H2,2-11H3. The Morgan fingerprint density at radius 2 is 1.24 bits per heavy atom. The Balaban J connectivity index is 5.30. The fraction of sp³-hybridized carbons (Fsp3) is 0.812. The molecule has 0 aliphatic heterocycles. The quantitative estimate of drug-likeness (QED) is 0.216. The summed E-state index contributed by atoms with van der Waals surface area (Å²) in [6.45, 7) is 24.5. The molecular weight excluding hydrogens is 385 g/mol. The number of carbonyl (C=O) groups excluding carboxylic acids is 1. The normalized spacial score (nSPS) is 14.2. The van der Waals surface area contributed by atoms with Gasteiger partial charge in [0.15, 0.2) is 25.0 Å². The summed E-state index contributed by atoms with van der Waals surface area (Å²) in [5.74, 6) is -1.32. The highest BCUT2D eigenvalue weighted by Gasteiger charge is 2.44. The molecule has 0 atom stereocenters. The van der Waals surface area contributed by atoms with E-state index in [2.05, 4.69) is 65.5 Å². The Morgan fingerprint density at radius 1 is 0.880 bits per heavy atom. The Hall–Kier alpha value is -0.0425. The van der Waals surface area contributed by atoms with E-state index < -0.39 is 40.7 Å². The second kappa shape index (κ2) is 9.24. The predicted octanol–water partition coefficient (Wildman–Crippen LogP) is 4.21. The summed E-state index contributed by atoms with van der Waals surface area (Å²) in [6.07, 6.45) is 0.599. The average Bonchev–Trinajstić information content (AvgIpc) is 2.27. The zero-order chi connectivity index (χ0) is 20.1. The highest BCUT2D eigenvalue weighted by molar-refractivity contribution is 6.72. The molecule has 0 bridgehead atoms. The summed E-state index contributed by atoms with van der Waals surface area (Å²) in [4.78, 5) is 11.6. The van der Waals surface area contributed by atoms with E-state index in [0.717, 1.165) is 6.04 Å². The van der Waals surface area contributed by atoms with Crippen LogP contribution in [0.1, 0.15) is 13.3 Å². The molecule has 0 saturated carbocycles. The molecule has 9 heteroatoms. The van der Waals surface area contributed by atoms with Crippen molar-refractivity contribution < 1.29 is 22.5 Å². The first-order chi connectivity index (χ1) is 10.9. The smallest absolute Gasteiger partial charge is 0.319 e. The maximum absolute atomic E-state index is 11.6. The molecule has 0 amide bonds. The summed E-state index contributed by atoms with van der Waals surface area (Å²) >= 11 is 0. The van der Waals surface area contributed by atoms with Crippen molar-refractivity contribution >= 4 is 40.7 Å². The van der Waals surface area contributed by atoms with Crippen LogP contribution in [0, 0.1) is 0 Å². The maximum atomic E-state index is 11.6. The summed E-state index contributed by atoms with van der Waals surface area (Å²) in [6, 6.07) is 0.748. The first-order valence-electron chi connectivity index (χ1n) is 8.88. The van der Waals surface area contributed by atoms with Crippen molar-refractivity contribution in [2.24, 2.45) is 0 Å². The lowest BCUT2D eigenvalue weighted by Gasteiger charge is -2.45. The van der Waals surface area contributed by atoms with Crippen LogP contribution in [0.3, 0.4) is 0 Å². The first kappa shape index (κ1) is 25.0. The van der Waals surface area contributed by atoms with Gasteiger partial charge >= 0.3 is 5.97 Å². The fourth-order valence-corrected chi connectivity index (χ4v) is 6.95. The van der Waals surface area contributed by atoms with Crippen molar-refractivity contribution in [2.45, 2.75) is 84.3 Å². The molecule has 0 heterocycles. The van der Waals surface area contributed by atoms with E-state index in [1.54, 1.807) is 6.92 Å². The molecule has 0 radical (unpaired) electrons. The Bertz CT molecular complexity index is 420. The lowest BCUT2D eigenvalue weighted by Crippen LogP contribution is -2.56. The lowest BCUT2D eigenvalue weighted by molar-refractivity contribution is -0.271. The van der Waals surface area contributed by atoms with Gasteiger partial charge in [0.05, 0.1) is 0 Å². The molecule has 5 nitrogen and oxygen atoms in total. The van der Waals surface area contributed by atoms with Gasteiger partial charge < -0.3 is 17.7 Å². The molecule has 0 fully saturated rings. The van der Waals surface area contributed by atoms with E-state index in [9.17, 15) is 4.79 Å². The predicted molar refractivity (Wildman–Crippen MR) is 115 cm³/mol. The van der Waals surface area contributed by atoms with Crippen molar-refractivity contribution in [1.29, 1.82) is 0 Å². The van der Waals surface area contributed by atoms with Crippen molar-refractivity contribution in [3.63, 3.8) is 0 Å². The second-order valence-corrected chi connectivity index (χ2v) is 24.0. The van der Waals surface area contributed by atoms with E-state index in [1.165, 1.54) is 0 Å². The van der Waals surface area contributed by atoms with Crippen molar-refractivity contribution in [3.8, 4) is 0 Å². The van der Waals surface area contributed by atoms with Crippen molar-refractivity contribution in [3.05, 3.63) is 12.2 Å². The number of hydrogen-bond donors (Lipinski definition) is 0. The van der Waals surface area contributed by atoms with Crippen LogP contribution in [0.4, 0.5) is 0 Å². The van der Waals surface area contributed by atoms with Gasteiger partial charge in [-0.25, -0.2) is 4.79 Å². The SMILES string of the molecule is C=C(C)C(=O)O[SiH2]CCC(O[Si](C)(C)C)(O[Si](C)(C)C)O[Si](C)(C)C. The molecule has 0 saturated heterocycles. The molecule has 0 aromatic heterocycles. The third kappa shape index (κ3) is 12.9. The maximum Gasteiger partial charge on any atom is 0.319 e. The Labute approximate surface area is 159 Å². The van der Waals surface area contributed by atoms with Gasteiger partial charge in [0.25, 0.3) is 5.97 Å². The molecule has 0 aromatic carbocycles. The van der Waals surface area contributed by atoms with Crippen LogP contribution >= 0.6 is 0 Å². The minimum absolute atomic E-state index is 0.305. The molecule has 0 aliphatic carbocycles. The molecular formula is C16H38O5Si4. The molecule has 0 N–H and O–H groups in total. The monoisotopic (exact) mass is 422 g/mol. The van der Waals surface area contributed by atoms with E-state index in [0.29, 0.717) is 12.0 Å². The van der Waals surface area contributed by atoms with Gasteiger partial charge in [0, 0.05) is 12.0 Å². The average molecular weight is 423 g/mol. The first-order valence-corrected chi connectivity index (χ1v) is 20.7. The number of carbonyl (C=O) groups is 1. The molecule has 0 aliphatic rings. The zero-order valence-corrected chi connectivity index (χ0v) is 22.3. The number of hydrogen-bond acceptors (Lipinski definition) is 5. The second-order valence-electron chi connectivity index (χ2n) is 9.35. The van der Waals surface area contributed by atoms with Gasteiger partial charge in [-0.3, -0.25) is 0 Å². The van der Waals surface area contributed by atoms with Crippen molar-refractivity contribution in [1.82, 2.24) is 0 Å². The van der Waals surface area contributed by atoms with Crippen LogP contribution in [-0.2, 0) is 22.5 Å². The van der Waals surface area contributed by atoms with Crippen molar-refractivity contribution in [2.75, 3.05) is 0 Å². The lowest BCUT2D eigenvalue weighted by atomic mass is 10.4. The molecule has 148 valence electrons. The summed E-state index contributed by atoms with van der Waals surface area (Å²) < 4.78 is 24.7. The van der Waals surface area contributed by atoms with Gasteiger partial charge in [0.2, 0.25) is 9.76 Å². The third-order valence-electron chi connectivity index (χ3n) is 2.59. The third-order valence-corrected chi connectivity index (χ3v) is 6.47. The highest BCUT2D eigenvalue weighted by Crippen LogP contribution is 2.33. The van der Waals surface area contributed by atoms with Gasteiger partial charge in [0.1, 0.15) is 0 Å². The summed E-state index contributed by atoms with van der Waals surface area (Å²) in [5.41, 5.74) is 0.439. The Morgan fingerprint density at radius 3 is 1.52 bits per heavy atom. The largest absolute Gasteiger partial charge is 0.522 e. The van der Waals surface area contributed by atoms with Crippen LogP contribution in [0.15, 0.2) is 12.2 Å². The minimum Gasteiger partial charge on any atom is -0.522 e. The van der Waals surface area contributed by atoms with Gasteiger partial charge in [-0.2, -0.15) is 0 Å². The molecule has 0 spiro atoms. The summed E-state index contributed by atoms with van der Waals surface area (Å²) in [5, 5.41) is 0. The van der Waals surface area contributed by atoms with Gasteiger partial charge in [-0.05, 0) is 71.9 Å².